The van der Waals surface area contributed by atoms with E-state index in [1.165, 1.54) is 27.1 Å². The fourth-order valence-electron chi connectivity index (χ4n) is 4.62. The second kappa shape index (κ2) is 14.4. The molecule has 0 atom stereocenters. The smallest absolute Gasteiger partial charge is 0.410 e. The Hall–Kier alpha value is -3.32. The Morgan fingerprint density at radius 1 is 0.725 bits per heavy atom. The van der Waals surface area contributed by atoms with E-state index < -0.39 is 17.3 Å². The zero-order valence-electron chi connectivity index (χ0n) is 25.1. The second-order valence-corrected chi connectivity index (χ2v) is 12.3. The van der Waals surface area contributed by atoms with Crippen molar-refractivity contribution in [2.45, 2.75) is 85.0 Å². The number of benzene rings is 3. The molecule has 0 aliphatic heterocycles. The Morgan fingerprint density at radius 2 is 1.25 bits per heavy atom. The quantitative estimate of drug-likeness (QED) is 0.182. The lowest BCUT2D eigenvalue weighted by Gasteiger charge is -2.27. The van der Waals surface area contributed by atoms with E-state index in [0.717, 1.165) is 38.8 Å². The third-order valence-corrected chi connectivity index (χ3v) is 6.39. The summed E-state index contributed by atoms with van der Waals surface area (Å²) in [7, 11) is 0. The minimum absolute atomic E-state index is 0.289. The van der Waals surface area contributed by atoms with Crippen LogP contribution in [0.25, 0.3) is 21.5 Å². The highest BCUT2D eigenvalue weighted by molar-refractivity contribution is 6.02. The fraction of sp³-hybridized carbons (Fsp3) is 0.515. The van der Waals surface area contributed by atoms with Gasteiger partial charge >= 0.3 is 12.2 Å². The maximum Gasteiger partial charge on any atom is 0.410 e. The summed E-state index contributed by atoms with van der Waals surface area (Å²) in [4.78, 5) is 26.5. The molecular weight excluding hydrogens is 502 g/mol. The van der Waals surface area contributed by atoms with E-state index in [4.69, 9.17) is 9.47 Å². The van der Waals surface area contributed by atoms with Crippen molar-refractivity contribution in [2.24, 2.45) is 0 Å². The highest BCUT2D eigenvalue weighted by Gasteiger charge is 2.22. The zero-order valence-corrected chi connectivity index (χ0v) is 25.1. The van der Waals surface area contributed by atoms with Gasteiger partial charge in [0, 0.05) is 26.2 Å². The van der Waals surface area contributed by atoms with Crippen LogP contribution in [-0.2, 0) is 16.0 Å². The van der Waals surface area contributed by atoms with Crippen molar-refractivity contribution < 1.29 is 19.1 Å². The number of ether oxygens (including phenoxy) is 2. The number of unbranched alkanes of at least 4 members (excludes halogenated alkanes) is 2. The summed E-state index contributed by atoms with van der Waals surface area (Å²) < 4.78 is 10.9. The summed E-state index contributed by atoms with van der Waals surface area (Å²) in [5.74, 6) is 0. The number of alkyl carbamates (subject to hydrolysis) is 1. The lowest BCUT2D eigenvalue weighted by Crippen LogP contribution is -2.38. The van der Waals surface area contributed by atoms with Gasteiger partial charge < -0.3 is 25.0 Å². The van der Waals surface area contributed by atoms with Gasteiger partial charge in [-0.25, -0.2) is 9.59 Å². The molecule has 3 aromatic carbocycles. The molecule has 3 rings (SSSR count). The Balaban J connectivity index is 1.47. The number of fused-ring (bicyclic) bond motifs is 2. The number of carbonyl (C=O) groups is 2. The first-order chi connectivity index (χ1) is 18.9. The van der Waals surface area contributed by atoms with Crippen LogP contribution in [-0.4, -0.2) is 54.5 Å². The first-order valence-corrected chi connectivity index (χ1v) is 14.5. The van der Waals surface area contributed by atoms with Gasteiger partial charge in [-0.2, -0.15) is 0 Å². The van der Waals surface area contributed by atoms with E-state index in [2.05, 4.69) is 65.2 Å². The molecule has 0 bridgehead atoms. The maximum absolute atomic E-state index is 12.8. The molecule has 0 aromatic heterocycles. The molecule has 0 spiro atoms. The monoisotopic (exact) mass is 549 g/mol. The van der Waals surface area contributed by atoms with E-state index in [-0.39, 0.29) is 6.09 Å². The van der Waals surface area contributed by atoms with Gasteiger partial charge in [-0.05, 0) is 107 Å². The van der Waals surface area contributed by atoms with Gasteiger partial charge in [0.25, 0.3) is 0 Å². The number of amides is 2. The van der Waals surface area contributed by atoms with Gasteiger partial charge in [-0.15, -0.1) is 0 Å². The number of nitrogens with zero attached hydrogens (tertiary/aromatic N) is 1. The van der Waals surface area contributed by atoms with Crippen molar-refractivity contribution in [1.29, 1.82) is 0 Å². The summed E-state index contributed by atoms with van der Waals surface area (Å²) in [5, 5.41) is 11.5. The fourth-order valence-corrected chi connectivity index (χ4v) is 4.62. The lowest BCUT2D eigenvalue weighted by atomic mass is 9.97. The van der Waals surface area contributed by atoms with Crippen molar-refractivity contribution in [3.8, 4) is 0 Å². The highest BCUT2D eigenvalue weighted by Crippen LogP contribution is 2.28. The second-order valence-electron chi connectivity index (χ2n) is 12.3. The van der Waals surface area contributed by atoms with Crippen LogP contribution < -0.4 is 10.6 Å². The van der Waals surface area contributed by atoms with Gasteiger partial charge in [0.2, 0.25) is 0 Å². The molecule has 3 aromatic rings. The van der Waals surface area contributed by atoms with Crippen molar-refractivity contribution in [1.82, 2.24) is 15.5 Å². The summed E-state index contributed by atoms with van der Waals surface area (Å²) in [6, 6.07) is 19.4. The van der Waals surface area contributed by atoms with E-state index in [1.807, 2.05) is 41.5 Å². The number of hydrogen-bond donors (Lipinski definition) is 2. The van der Waals surface area contributed by atoms with Crippen molar-refractivity contribution in [3.05, 3.63) is 60.2 Å². The van der Waals surface area contributed by atoms with Gasteiger partial charge in [0.05, 0.1) is 0 Å². The molecular formula is C33H47N3O4. The maximum atomic E-state index is 12.8. The summed E-state index contributed by atoms with van der Waals surface area (Å²) >= 11 is 0. The normalized spacial score (nSPS) is 11.9. The molecule has 2 amide bonds. The Bertz CT molecular complexity index is 1210. The predicted octanol–water partition coefficient (Wildman–Crippen LogP) is 7.40. The van der Waals surface area contributed by atoms with Crippen LogP contribution in [0.1, 0.15) is 72.8 Å². The van der Waals surface area contributed by atoms with E-state index in [0.29, 0.717) is 19.6 Å². The molecule has 0 aliphatic carbocycles. The molecule has 218 valence electrons. The lowest BCUT2D eigenvalue weighted by molar-refractivity contribution is 0.0242. The number of carbonyl (C=O) groups excluding carboxylic acids is 2. The van der Waals surface area contributed by atoms with E-state index >= 15 is 0 Å². The molecule has 0 saturated carbocycles. The van der Waals surface area contributed by atoms with Gasteiger partial charge in [-0.3, -0.25) is 0 Å². The predicted molar refractivity (Wildman–Crippen MR) is 164 cm³/mol. The van der Waals surface area contributed by atoms with E-state index in [1.54, 1.807) is 4.90 Å². The molecule has 7 heteroatoms. The third kappa shape index (κ3) is 10.3. The average Bonchev–Trinajstić information content (AvgIpc) is 2.86. The van der Waals surface area contributed by atoms with Gasteiger partial charge in [0.15, 0.2) is 0 Å². The summed E-state index contributed by atoms with van der Waals surface area (Å²) in [6.07, 6.45) is 2.63. The number of hydrogen-bond acceptors (Lipinski definition) is 5. The standard InChI is InChI=1S/C33H47N3O4/c1-32(2,3)39-30(37)35-20-12-14-22-36(31(38)40-33(4,5)6)21-13-11-19-34-24-29-27-17-9-7-15-25(27)23-26-16-8-10-18-28(26)29/h7-10,15-18,23,34H,11-14,19-22,24H2,1-6H3,(H,35,37). The van der Waals surface area contributed by atoms with Gasteiger partial charge in [-0.1, -0.05) is 48.5 Å². The largest absolute Gasteiger partial charge is 0.444 e. The minimum atomic E-state index is -0.545. The molecule has 0 heterocycles. The van der Waals surface area contributed by atoms with Crippen LogP contribution in [0.3, 0.4) is 0 Å². The molecule has 0 fully saturated rings. The Labute approximate surface area is 239 Å². The van der Waals surface area contributed by atoms with Crippen LogP contribution in [0.4, 0.5) is 9.59 Å². The van der Waals surface area contributed by atoms with Crippen molar-refractivity contribution in [2.75, 3.05) is 26.2 Å². The number of nitrogens with one attached hydrogen (secondary N) is 2. The van der Waals surface area contributed by atoms with E-state index in [9.17, 15) is 9.59 Å². The van der Waals surface area contributed by atoms with Crippen molar-refractivity contribution in [3.63, 3.8) is 0 Å². The summed E-state index contributed by atoms with van der Waals surface area (Å²) in [6.45, 7) is 14.5. The molecule has 40 heavy (non-hydrogen) atoms. The molecule has 0 radical (unpaired) electrons. The van der Waals surface area contributed by atoms with Crippen LogP contribution in [0.5, 0.6) is 0 Å². The summed E-state index contributed by atoms with van der Waals surface area (Å²) in [5.41, 5.74) is 0.259. The molecule has 2 N–H and O–H groups in total. The first-order valence-electron chi connectivity index (χ1n) is 14.5. The average molecular weight is 550 g/mol. The number of rotatable bonds is 12. The minimum Gasteiger partial charge on any atom is -0.444 e. The SMILES string of the molecule is CC(C)(C)OC(=O)NCCCCN(CCCCNCc1c2ccccc2cc2ccccc12)C(=O)OC(C)(C)C. The van der Waals surface area contributed by atoms with Gasteiger partial charge in [0.1, 0.15) is 11.2 Å². The topological polar surface area (TPSA) is 79.9 Å². The van der Waals surface area contributed by atoms with Crippen LogP contribution in [0.2, 0.25) is 0 Å². The van der Waals surface area contributed by atoms with Crippen LogP contribution in [0.15, 0.2) is 54.6 Å². The first kappa shape index (κ1) is 31.2. The van der Waals surface area contributed by atoms with Crippen LogP contribution >= 0.6 is 0 Å². The zero-order chi connectivity index (χ0) is 29.2. The highest BCUT2D eigenvalue weighted by atomic mass is 16.6. The molecule has 0 unspecified atom stereocenters. The Morgan fingerprint density at radius 3 is 1.80 bits per heavy atom. The molecule has 0 aliphatic rings. The Kier molecular flexibility index (Phi) is 11.2. The third-order valence-electron chi connectivity index (χ3n) is 6.39. The molecule has 0 saturated heterocycles. The van der Waals surface area contributed by atoms with Crippen LogP contribution in [0, 0.1) is 0 Å². The molecule has 7 nitrogen and oxygen atoms in total. The van der Waals surface area contributed by atoms with Crippen molar-refractivity contribution >= 4 is 33.7 Å².